The van der Waals surface area contributed by atoms with Crippen molar-refractivity contribution in [3.63, 3.8) is 0 Å². The average Bonchev–Trinajstić information content (AvgIpc) is 2.34. The molecule has 0 aromatic carbocycles. The molecule has 0 saturated heterocycles. The maximum Gasteiger partial charge on any atom is 0.179 e. The molecule has 1 aliphatic carbocycles. The van der Waals surface area contributed by atoms with Gasteiger partial charge in [-0.2, -0.15) is 0 Å². The molecule has 110 valence electrons. The molecule has 0 spiro atoms. The van der Waals surface area contributed by atoms with Crippen molar-refractivity contribution in [2.24, 2.45) is 10.8 Å². The van der Waals surface area contributed by atoms with E-state index in [-0.39, 0.29) is 12.2 Å². The molecule has 19 heavy (non-hydrogen) atoms. The molecule has 1 fully saturated rings. The molecule has 0 aromatic heterocycles. The highest BCUT2D eigenvalue weighted by atomic mass is 16.4. The van der Waals surface area contributed by atoms with E-state index in [9.17, 15) is 19.8 Å². The third-order valence-corrected chi connectivity index (χ3v) is 4.41. The van der Waals surface area contributed by atoms with Crippen LogP contribution in [0.5, 0.6) is 0 Å². The minimum absolute atomic E-state index is 0.209. The van der Waals surface area contributed by atoms with Crippen LogP contribution in [0.15, 0.2) is 0 Å². The Hall–Kier alpha value is -0.740. The summed E-state index contributed by atoms with van der Waals surface area (Å²) in [5, 5.41) is 21.0. The first-order valence-electron chi connectivity index (χ1n) is 7.03. The Morgan fingerprint density at radius 1 is 1.05 bits per heavy atom. The van der Waals surface area contributed by atoms with E-state index in [2.05, 4.69) is 0 Å². The average molecular weight is 270 g/mol. The summed E-state index contributed by atoms with van der Waals surface area (Å²) in [6, 6.07) is 0. The molecule has 4 nitrogen and oxygen atoms in total. The van der Waals surface area contributed by atoms with E-state index in [4.69, 9.17) is 0 Å². The lowest BCUT2D eigenvalue weighted by Gasteiger charge is -2.50. The zero-order valence-corrected chi connectivity index (χ0v) is 12.6. The van der Waals surface area contributed by atoms with Crippen molar-refractivity contribution in [2.45, 2.75) is 72.0 Å². The quantitative estimate of drug-likeness (QED) is 0.604. The van der Waals surface area contributed by atoms with Crippen molar-refractivity contribution < 1.29 is 19.8 Å². The second-order valence-electron chi connectivity index (χ2n) is 6.79. The van der Waals surface area contributed by atoms with Gasteiger partial charge in [0.15, 0.2) is 17.2 Å². The molecule has 0 bridgehead atoms. The summed E-state index contributed by atoms with van der Waals surface area (Å²) < 4.78 is 0. The molecule has 0 heterocycles. The van der Waals surface area contributed by atoms with Gasteiger partial charge in [0.05, 0.1) is 10.8 Å². The minimum Gasteiger partial charge on any atom is -0.389 e. The Balaban J connectivity index is 3.16. The van der Waals surface area contributed by atoms with Crippen LogP contribution < -0.4 is 0 Å². The highest BCUT2D eigenvalue weighted by Crippen LogP contribution is 2.46. The van der Waals surface area contributed by atoms with Crippen LogP contribution in [0.4, 0.5) is 0 Å². The van der Waals surface area contributed by atoms with Crippen molar-refractivity contribution in [3.8, 4) is 0 Å². The number of hydrogen-bond donors (Lipinski definition) is 2. The fourth-order valence-corrected chi connectivity index (χ4v) is 3.19. The number of Topliss-reactive ketones (excluding diaryl/α,β-unsaturated/α-hetero) is 2. The van der Waals surface area contributed by atoms with E-state index >= 15 is 0 Å². The SMILES string of the molecule is CCCCC[C@]1(O)C(=O)C(C)(C)C(=O)C(C)(C)[C@H]1O. The van der Waals surface area contributed by atoms with Crippen LogP contribution >= 0.6 is 0 Å². The summed E-state index contributed by atoms with van der Waals surface area (Å²) in [6.07, 6.45) is 1.38. The van der Waals surface area contributed by atoms with Crippen LogP contribution in [-0.4, -0.2) is 33.5 Å². The van der Waals surface area contributed by atoms with Gasteiger partial charge in [-0.3, -0.25) is 9.59 Å². The molecule has 1 saturated carbocycles. The number of carbonyl (C=O) groups is 2. The smallest absolute Gasteiger partial charge is 0.179 e. The van der Waals surface area contributed by atoms with Crippen molar-refractivity contribution in [3.05, 3.63) is 0 Å². The zero-order chi connectivity index (χ0) is 15.1. The number of aliphatic hydroxyl groups excluding tert-OH is 1. The second-order valence-corrected chi connectivity index (χ2v) is 6.79. The Morgan fingerprint density at radius 3 is 2.05 bits per heavy atom. The summed E-state index contributed by atoms with van der Waals surface area (Å²) in [5.41, 5.74) is -4.17. The number of ketones is 2. The second kappa shape index (κ2) is 4.98. The van der Waals surface area contributed by atoms with Crippen molar-refractivity contribution in [2.75, 3.05) is 0 Å². The fraction of sp³-hybridized carbons (Fsp3) is 0.867. The van der Waals surface area contributed by atoms with Gasteiger partial charge in [0.25, 0.3) is 0 Å². The first-order chi connectivity index (χ1) is 8.52. The van der Waals surface area contributed by atoms with Crippen LogP contribution in [0.25, 0.3) is 0 Å². The van der Waals surface area contributed by atoms with Crippen molar-refractivity contribution in [1.29, 1.82) is 0 Å². The van der Waals surface area contributed by atoms with E-state index in [0.29, 0.717) is 6.42 Å². The maximum absolute atomic E-state index is 12.4. The van der Waals surface area contributed by atoms with E-state index in [0.717, 1.165) is 12.8 Å². The highest BCUT2D eigenvalue weighted by Gasteiger charge is 2.64. The predicted octanol–water partition coefficient (Wildman–Crippen LogP) is 1.86. The summed E-state index contributed by atoms with van der Waals surface area (Å²) in [6.45, 7) is 8.30. The van der Waals surface area contributed by atoms with E-state index < -0.39 is 28.3 Å². The molecule has 4 heteroatoms. The van der Waals surface area contributed by atoms with E-state index in [1.54, 1.807) is 13.8 Å². The topological polar surface area (TPSA) is 74.6 Å². The third kappa shape index (κ3) is 2.36. The predicted molar refractivity (Wildman–Crippen MR) is 72.7 cm³/mol. The molecule has 0 aromatic rings. The van der Waals surface area contributed by atoms with Crippen LogP contribution in [0.2, 0.25) is 0 Å². The van der Waals surface area contributed by atoms with Crippen LogP contribution in [0.3, 0.4) is 0 Å². The van der Waals surface area contributed by atoms with Gasteiger partial charge >= 0.3 is 0 Å². The summed E-state index contributed by atoms with van der Waals surface area (Å²) in [4.78, 5) is 24.8. The normalized spacial score (nSPS) is 33.5. The van der Waals surface area contributed by atoms with Gasteiger partial charge < -0.3 is 10.2 Å². The van der Waals surface area contributed by atoms with E-state index in [1.165, 1.54) is 13.8 Å². The molecule has 1 aliphatic rings. The molecular weight excluding hydrogens is 244 g/mol. The zero-order valence-electron chi connectivity index (χ0n) is 12.6. The lowest BCUT2D eigenvalue weighted by molar-refractivity contribution is -0.194. The molecule has 2 N–H and O–H groups in total. The fourth-order valence-electron chi connectivity index (χ4n) is 3.19. The number of rotatable bonds is 4. The molecular formula is C15H26O4. The number of aliphatic hydroxyl groups is 2. The summed E-state index contributed by atoms with van der Waals surface area (Å²) in [5.74, 6) is -0.856. The van der Waals surface area contributed by atoms with Gasteiger partial charge in [0.1, 0.15) is 6.10 Å². The van der Waals surface area contributed by atoms with Gasteiger partial charge in [-0.1, -0.05) is 40.0 Å². The van der Waals surface area contributed by atoms with Gasteiger partial charge in [0, 0.05) is 0 Å². The molecule has 0 radical (unpaired) electrons. The lowest BCUT2D eigenvalue weighted by atomic mass is 9.55. The van der Waals surface area contributed by atoms with Gasteiger partial charge in [-0.15, -0.1) is 0 Å². The van der Waals surface area contributed by atoms with Crippen molar-refractivity contribution >= 4 is 11.6 Å². The summed E-state index contributed by atoms with van der Waals surface area (Å²) >= 11 is 0. The molecule has 0 aliphatic heterocycles. The monoisotopic (exact) mass is 270 g/mol. The standard InChI is InChI=1S/C15H26O4/c1-6-7-8-9-15(19)11(17)13(2,3)10(16)14(4,5)12(15)18/h11,17,19H,6-9H2,1-5H3/t11-,15-/m1/s1. The Kier molecular flexibility index (Phi) is 4.28. The Labute approximate surface area is 115 Å². The summed E-state index contributed by atoms with van der Waals surface area (Å²) in [7, 11) is 0. The largest absolute Gasteiger partial charge is 0.389 e. The molecule has 0 amide bonds. The third-order valence-electron chi connectivity index (χ3n) is 4.41. The van der Waals surface area contributed by atoms with Crippen LogP contribution in [0, 0.1) is 10.8 Å². The minimum atomic E-state index is -1.81. The Bertz CT molecular complexity index is 384. The molecule has 2 atom stereocenters. The van der Waals surface area contributed by atoms with Crippen LogP contribution in [0.1, 0.15) is 60.3 Å². The van der Waals surface area contributed by atoms with Crippen molar-refractivity contribution in [1.82, 2.24) is 0 Å². The number of carbonyl (C=O) groups excluding carboxylic acids is 2. The lowest BCUT2D eigenvalue weighted by Crippen LogP contribution is -2.69. The van der Waals surface area contributed by atoms with Gasteiger partial charge in [0.2, 0.25) is 0 Å². The maximum atomic E-state index is 12.4. The first-order valence-corrected chi connectivity index (χ1v) is 7.03. The van der Waals surface area contributed by atoms with Gasteiger partial charge in [-0.25, -0.2) is 0 Å². The van der Waals surface area contributed by atoms with Crippen LogP contribution in [-0.2, 0) is 9.59 Å². The number of unbranched alkanes of at least 4 members (excludes halogenated alkanes) is 2. The Morgan fingerprint density at radius 2 is 1.58 bits per heavy atom. The first kappa shape index (κ1) is 16.3. The number of hydrogen-bond acceptors (Lipinski definition) is 4. The van der Waals surface area contributed by atoms with Gasteiger partial charge in [-0.05, 0) is 20.3 Å². The highest BCUT2D eigenvalue weighted by molar-refractivity contribution is 6.14. The molecule has 1 rings (SSSR count). The van der Waals surface area contributed by atoms with E-state index in [1.807, 2.05) is 6.92 Å². The molecule has 0 unspecified atom stereocenters.